The number of imidazole rings is 1. The van der Waals surface area contributed by atoms with Crippen LogP contribution >= 0.6 is 0 Å². The first-order chi connectivity index (χ1) is 16.4. The number of nitrogens with zero attached hydrogens (tertiary/aromatic N) is 4. The second-order valence-electron chi connectivity index (χ2n) is 10.4. The Morgan fingerprint density at radius 1 is 1.17 bits per heavy atom. The lowest BCUT2D eigenvalue weighted by atomic mass is 9.93. The molecule has 0 N–H and O–H groups in total. The predicted octanol–water partition coefficient (Wildman–Crippen LogP) is 5.28. The van der Waals surface area contributed by atoms with E-state index in [1.165, 1.54) is 0 Å². The summed E-state index contributed by atoms with van der Waals surface area (Å²) >= 11 is 0. The van der Waals surface area contributed by atoms with Crippen LogP contribution in [0.1, 0.15) is 51.9 Å². The number of benzene rings is 2. The van der Waals surface area contributed by atoms with Gasteiger partial charge in [-0.25, -0.2) is 18.2 Å². The molecule has 1 amide bonds. The monoisotopic (exact) mass is 492 g/mol. The van der Waals surface area contributed by atoms with Gasteiger partial charge in [-0.2, -0.15) is 0 Å². The van der Waals surface area contributed by atoms with E-state index in [9.17, 15) is 13.2 Å². The quantitative estimate of drug-likeness (QED) is 0.464. The fourth-order valence-electron chi connectivity index (χ4n) is 4.86. The van der Waals surface area contributed by atoms with Crippen LogP contribution in [0, 0.1) is 19.4 Å². The first-order valence-electron chi connectivity index (χ1n) is 11.9. The number of sulfone groups is 1. The highest BCUT2D eigenvalue weighted by Crippen LogP contribution is 2.34. The van der Waals surface area contributed by atoms with Crippen LogP contribution in [0.25, 0.3) is 15.9 Å². The van der Waals surface area contributed by atoms with Gasteiger partial charge in [0.2, 0.25) is 15.7 Å². The number of hydrogen-bond acceptors (Lipinski definition) is 4. The van der Waals surface area contributed by atoms with Crippen molar-refractivity contribution in [3.8, 4) is 0 Å². The van der Waals surface area contributed by atoms with E-state index < -0.39 is 9.84 Å². The van der Waals surface area contributed by atoms with Crippen molar-refractivity contribution in [3.05, 3.63) is 59.2 Å². The molecular weight excluding hydrogens is 460 g/mol. The Hall–Kier alpha value is -3.18. The highest BCUT2D eigenvalue weighted by Gasteiger charge is 2.28. The van der Waals surface area contributed by atoms with Gasteiger partial charge in [0.1, 0.15) is 5.82 Å². The van der Waals surface area contributed by atoms with Crippen LogP contribution < -0.4 is 0 Å². The Kier molecular flexibility index (Phi) is 6.50. The Bertz CT molecular complexity index is 1430. The predicted molar refractivity (Wildman–Crippen MR) is 136 cm³/mol. The molecule has 1 saturated heterocycles. The van der Waals surface area contributed by atoms with Crippen molar-refractivity contribution in [3.63, 3.8) is 0 Å². The molecular formula is C27H32N4O3S. The maximum atomic E-state index is 13.5. The van der Waals surface area contributed by atoms with Gasteiger partial charge in [0.25, 0.3) is 0 Å². The minimum Gasteiger partial charge on any atom is -0.343 e. The molecule has 4 rings (SSSR count). The summed E-state index contributed by atoms with van der Waals surface area (Å²) in [5.41, 5.74) is 2.13. The molecule has 0 radical (unpaired) electrons. The number of rotatable bonds is 4. The molecule has 8 heteroatoms. The van der Waals surface area contributed by atoms with E-state index in [-0.39, 0.29) is 21.1 Å². The molecule has 7 nitrogen and oxygen atoms in total. The largest absolute Gasteiger partial charge is 0.343 e. The van der Waals surface area contributed by atoms with Crippen molar-refractivity contribution in [2.75, 3.05) is 13.1 Å². The van der Waals surface area contributed by atoms with Crippen molar-refractivity contribution in [2.45, 2.75) is 69.2 Å². The minimum absolute atomic E-state index is 0.123. The van der Waals surface area contributed by atoms with Crippen LogP contribution in [-0.4, -0.2) is 41.9 Å². The van der Waals surface area contributed by atoms with Gasteiger partial charge in [0.15, 0.2) is 5.69 Å². The second kappa shape index (κ2) is 9.12. The zero-order valence-corrected chi connectivity index (χ0v) is 21.8. The number of likely N-dealkylation sites (tertiary alicyclic amines) is 1. The molecule has 2 aromatic carbocycles. The number of piperidine rings is 1. The van der Waals surface area contributed by atoms with Crippen LogP contribution in [0.15, 0.2) is 46.2 Å². The molecule has 0 saturated carbocycles. The molecule has 35 heavy (non-hydrogen) atoms. The molecule has 1 aromatic heterocycles. The molecule has 184 valence electrons. The summed E-state index contributed by atoms with van der Waals surface area (Å²) in [4.78, 5) is 22.3. The molecule has 1 fully saturated rings. The van der Waals surface area contributed by atoms with E-state index in [4.69, 9.17) is 11.6 Å². The highest BCUT2D eigenvalue weighted by molar-refractivity contribution is 7.91. The zero-order valence-electron chi connectivity index (χ0n) is 21.0. The van der Waals surface area contributed by atoms with Crippen molar-refractivity contribution < 1.29 is 13.2 Å². The van der Waals surface area contributed by atoms with E-state index in [1.54, 1.807) is 44.2 Å². The number of fused-ring (bicyclic) bond motifs is 1. The van der Waals surface area contributed by atoms with Gasteiger partial charge in [-0.3, -0.25) is 4.79 Å². The molecule has 0 atom stereocenters. The Morgan fingerprint density at radius 3 is 2.46 bits per heavy atom. The third-order valence-corrected chi connectivity index (χ3v) is 8.76. The first kappa shape index (κ1) is 24.9. The molecule has 0 spiro atoms. The number of aromatic nitrogens is 2. The van der Waals surface area contributed by atoms with Gasteiger partial charge in [0.05, 0.1) is 27.4 Å². The van der Waals surface area contributed by atoms with E-state index in [0.717, 1.165) is 43.8 Å². The van der Waals surface area contributed by atoms with Crippen molar-refractivity contribution >= 4 is 32.5 Å². The normalized spacial score (nSPS) is 15.4. The summed E-state index contributed by atoms with van der Waals surface area (Å²) in [6.07, 6.45) is 1.87. The minimum atomic E-state index is -3.80. The van der Waals surface area contributed by atoms with Crippen LogP contribution in [0.4, 0.5) is 5.69 Å². The van der Waals surface area contributed by atoms with Crippen molar-refractivity contribution in [2.24, 2.45) is 5.92 Å². The van der Waals surface area contributed by atoms with Crippen molar-refractivity contribution in [1.29, 1.82) is 0 Å². The molecule has 0 bridgehead atoms. The third kappa shape index (κ3) is 4.70. The van der Waals surface area contributed by atoms with Crippen LogP contribution in [-0.2, 0) is 26.6 Å². The average Bonchev–Trinajstić information content (AvgIpc) is 3.17. The lowest BCUT2D eigenvalue weighted by molar-refractivity contribution is -0.130. The molecule has 1 aliphatic rings. The van der Waals surface area contributed by atoms with E-state index >= 15 is 0 Å². The maximum Gasteiger partial charge on any atom is 0.219 e. The summed E-state index contributed by atoms with van der Waals surface area (Å²) in [7, 11) is -3.80. The van der Waals surface area contributed by atoms with E-state index in [2.05, 4.69) is 30.2 Å². The van der Waals surface area contributed by atoms with Gasteiger partial charge in [-0.05, 0) is 55.5 Å². The molecule has 3 aromatic rings. The van der Waals surface area contributed by atoms with Gasteiger partial charge >= 0.3 is 0 Å². The third-order valence-electron chi connectivity index (χ3n) is 6.87. The second-order valence-corrected chi connectivity index (χ2v) is 12.3. The first-order valence-corrected chi connectivity index (χ1v) is 13.4. The fraction of sp³-hybridized carbons (Fsp3) is 0.444. The average molecular weight is 493 g/mol. The summed E-state index contributed by atoms with van der Waals surface area (Å²) in [6.45, 7) is 19.3. The van der Waals surface area contributed by atoms with Crippen molar-refractivity contribution in [1.82, 2.24) is 14.5 Å². The number of carbonyl (C=O) groups excluding carboxylic acids is 1. The lowest BCUT2D eigenvalue weighted by Crippen LogP contribution is -2.38. The summed E-state index contributed by atoms with van der Waals surface area (Å²) in [5, 5.41) is 0. The SMILES string of the molecule is [C-]#[N+]c1cccc(S(=O)(=O)c2ccc3c(c2)nc(C(C)(C)C)n3CC2CCN(C(C)=O)CC2)c1C. The summed E-state index contributed by atoms with van der Waals surface area (Å²) < 4.78 is 29.2. The fourth-order valence-corrected chi connectivity index (χ4v) is 6.40. The van der Waals surface area contributed by atoms with Crippen LogP contribution in [0.3, 0.4) is 0 Å². The molecule has 2 heterocycles. The van der Waals surface area contributed by atoms with E-state index in [0.29, 0.717) is 22.7 Å². The number of hydrogen-bond donors (Lipinski definition) is 0. The maximum absolute atomic E-state index is 13.5. The zero-order chi connectivity index (χ0) is 25.5. The Morgan fingerprint density at radius 2 is 1.86 bits per heavy atom. The van der Waals surface area contributed by atoms with Crippen LogP contribution in [0.2, 0.25) is 0 Å². The Labute approximate surface area is 207 Å². The van der Waals surface area contributed by atoms with Gasteiger partial charge in [0, 0.05) is 32.0 Å². The topological polar surface area (TPSA) is 76.6 Å². The van der Waals surface area contributed by atoms with Gasteiger partial charge < -0.3 is 9.47 Å². The summed E-state index contributed by atoms with van der Waals surface area (Å²) in [6, 6.07) is 9.93. The lowest BCUT2D eigenvalue weighted by Gasteiger charge is -2.32. The van der Waals surface area contributed by atoms with E-state index in [1.807, 2.05) is 11.0 Å². The number of amides is 1. The molecule has 0 aliphatic carbocycles. The number of carbonyl (C=O) groups is 1. The molecule has 0 unspecified atom stereocenters. The van der Waals surface area contributed by atoms with Gasteiger partial charge in [-0.1, -0.05) is 32.9 Å². The summed E-state index contributed by atoms with van der Waals surface area (Å²) in [5.74, 6) is 1.46. The molecule has 1 aliphatic heterocycles. The van der Waals surface area contributed by atoms with Crippen LogP contribution in [0.5, 0.6) is 0 Å². The highest BCUT2D eigenvalue weighted by atomic mass is 32.2. The smallest absolute Gasteiger partial charge is 0.219 e. The Balaban J connectivity index is 1.74. The van der Waals surface area contributed by atoms with Gasteiger partial charge in [-0.15, -0.1) is 0 Å². The standard InChI is InChI=1S/C27H32N4O3S/c1-18-22(28-6)8-7-9-25(18)35(33,34)21-10-11-24-23(16-21)29-26(27(3,4)5)31(24)17-20-12-14-30(15-13-20)19(2)32/h7-11,16,20H,12-15,17H2,1-5H3.